The molecule has 5 nitrogen and oxygen atoms in total. The second-order valence-electron chi connectivity index (χ2n) is 8.00. The molecule has 0 atom stereocenters. The van der Waals surface area contributed by atoms with Gasteiger partial charge >= 0.3 is 0 Å². The monoisotopic (exact) mass is 428 g/mol. The average molecular weight is 429 g/mol. The Balaban J connectivity index is 1.41. The van der Waals surface area contributed by atoms with Crippen LogP contribution < -0.4 is 10.1 Å². The molecule has 0 bridgehead atoms. The predicted octanol–water partition coefficient (Wildman–Crippen LogP) is 5.53. The number of para-hydroxylation sites is 1. The van der Waals surface area contributed by atoms with Gasteiger partial charge < -0.3 is 15.0 Å². The lowest BCUT2D eigenvalue weighted by molar-refractivity contribution is 0.0762. The van der Waals surface area contributed by atoms with Crippen molar-refractivity contribution in [2.75, 3.05) is 18.4 Å². The number of rotatable bonds is 6. The van der Waals surface area contributed by atoms with Crippen molar-refractivity contribution in [1.29, 1.82) is 0 Å². The van der Waals surface area contributed by atoms with E-state index in [9.17, 15) is 9.59 Å². The van der Waals surface area contributed by atoms with Crippen molar-refractivity contribution in [3.8, 4) is 5.75 Å². The van der Waals surface area contributed by atoms with E-state index in [0.717, 1.165) is 44.3 Å². The molecule has 1 aliphatic rings. The Hall–Kier alpha value is -3.60. The SMILES string of the molecule is O=C(Nc1ccccc1C(=O)N1CCCCCC1)c1ccc(OCc2ccccc2)cc1. The lowest BCUT2D eigenvalue weighted by atomic mass is 10.1. The zero-order chi connectivity index (χ0) is 22.2. The number of benzene rings is 3. The zero-order valence-electron chi connectivity index (χ0n) is 18.1. The summed E-state index contributed by atoms with van der Waals surface area (Å²) in [5.41, 5.74) is 2.66. The quantitative estimate of drug-likeness (QED) is 0.561. The Labute approximate surface area is 189 Å². The summed E-state index contributed by atoms with van der Waals surface area (Å²) in [4.78, 5) is 27.8. The van der Waals surface area contributed by atoms with Crippen LogP contribution in [0.2, 0.25) is 0 Å². The maximum absolute atomic E-state index is 13.1. The molecule has 0 unspecified atom stereocenters. The number of hydrogen-bond donors (Lipinski definition) is 1. The van der Waals surface area contributed by atoms with Gasteiger partial charge in [-0.2, -0.15) is 0 Å². The molecular formula is C27H28N2O3. The van der Waals surface area contributed by atoms with Crippen molar-refractivity contribution in [2.45, 2.75) is 32.3 Å². The number of likely N-dealkylation sites (tertiary alicyclic amines) is 1. The first-order chi connectivity index (χ1) is 15.7. The summed E-state index contributed by atoms with van der Waals surface area (Å²) in [5.74, 6) is 0.422. The number of nitrogens with one attached hydrogen (secondary N) is 1. The highest BCUT2D eigenvalue weighted by molar-refractivity contribution is 6.09. The second-order valence-corrected chi connectivity index (χ2v) is 8.00. The molecule has 1 saturated heterocycles. The molecule has 1 N–H and O–H groups in total. The number of ether oxygens (including phenoxy) is 1. The molecule has 3 aromatic carbocycles. The van der Waals surface area contributed by atoms with Crippen LogP contribution in [0.25, 0.3) is 0 Å². The van der Waals surface area contributed by atoms with E-state index >= 15 is 0 Å². The van der Waals surface area contributed by atoms with Gasteiger partial charge in [0.05, 0.1) is 11.3 Å². The minimum atomic E-state index is -0.254. The number of anilines is 1. The number of amides is 2. The number of nitrogens with zero attached hydrogens (tertiary/aromatic N) is 1. The van der Waals surface area contributed by atoms with Gasteiger partial charge in [0.25, 0.3) is 11.8 Å². The first-order valence-electron chi connectivity index (χ1n) is 11.2. The van der Waals surface area contributed by atoms with E-state index in [-0.39, 0.29) is 11.8 Å². The molecule has 1 heterocycles. The number of hydrogen-bond acceptors (Lipinski definition) is 3. The Bertz CT molecular complexity index is 1040. The second kappa shape index (κ2) is 10.6. The van der Waals surface area contributed by atoms with Crippen molar-refractivity contribution in [1.82, 2.24) is 4.90 Å². The van der Waals surface area contributed by atoms with Crippen LogP contribution >= 0.6 is 0 Å². The van der Waals surface area contributed by atoms with E-state index in [0.29, 0.717) is 29.2 Å². The highest BCUT2D eigenvalue weighted by Gasteiger charge is 2.20. The van der Waals surface area contributed by atoms with Crippen LogP contribution in [0.1, 0.15) is 52.0 Å². The van der Waals surface area contributed by atoms with Gasteiger partial charge in [-0.15, -0.1) is 0 Å². The number of carbonyl (C=O) groups excluding carboxylic acids is 2. The Kier molecular flexibility index (Phi) is 7.18. The van der Waals surface area contributed by atoms with Gasteiger partial charge in [-0.1, -0.05) is 55.3 Å². The fourth-order valence-electron chi connectivity index (χ4n) is 3.86. The van der Waals surface area contributed by atoms with E-state index in [1.807, 2.05) is 47.4 Å². The van der Waals surface area contributed by atoms with Crippen LogP contribution in [0.4, 0.5) is 5.69 Å². The van der Waals surface area contributed by atoms with Crippen molar-refractivity contribution >= 4 is 17.5 Å². The Morgan fingerprint density at radius 2 is 1.44 bits per heavy atom. The van der Waals surface area contributed by atoms with Gasteiger partial charge in [0, 0.05) is 18.7 Å². The molecule has 3 aromatic rings. The smallest absolute Gasteiger partial charge is 0.255 e. The van der Waals surface area contributed by atoms with Crippen molar-refractivity contribution in [3.63, 3.8) is 0 Å². The standard InChI is InChI=1S/C27H28N2O3/c30-26(22-14-16-23(17-15-22)32-20-21-10-4-3-5-11-21)28-25-13-7-6-12-24(25)27(31)29-18-8-1-2-9-19-29/h3-7,10-17H,1-2,8-9,18-20H2,(H,28,30). The van der Waals surface area contributed by atoms with E-state index in [2.05, 4.69) is 5.32 Å². The normalized spacial score (nSPS) is 13.8. The molecule has 1 fully saturated rings. The lowest BCUT2D eigenvalue weighted by Crippen LogP contribution is -2.32. The van der Waals surface area contributed by atoms with Crippen molar-refractivity contribution < 1.29 is 14.3 Å². The molecule has 0 saturated carbocycles. The maximum atomic E-state index is 13.1. The first kappa shape index (κ1) is 21.6. The third kappa shape index (κ3) is 5.55. The van der Waals surface area contributed by atoms with Gasteiger partial charge in [0.2, 0.25) is 0 Å². The molecule has 0 aromatic heterocycles. The van der Waals surface area contributed by atoms with Gasteiger partial charge in [-0.3, -0.25) is 9.59 Å². The molecule has 1 aliphatic heterocycles. The van der Waals surface area contributed by atoms with Crippen LogP contribution in [0, 0.1) is 0 Å². The highest BCUT2D eigenvalue weighted by atomic mass is 16.5. The highest BCUT2D eigenvalue weighted by Crippen LogP contribution is 2.21. The van der Waals surface area contributed by atoms with E-state index in [1.165, 1.54) is 0 Å². The lowest BCUT2D eigenvalue weighted by Gasteiger charge is -2.22. The van der Waals surface area contributed by atoms with Gasteiger partial charge in [0.15, 0.2) is 0 Å². The van der Waals surface area contributed by atoms with Crippen LogP contribution in [0.15, 0.2) is 78.9 Å². The van der Waals surface area contributed by atoms with Crippen molar-refractivity contribution in [2.24, 2.45) is 0 Å². The van der Waals surface area contributed by atoms with E-state index in [4.69, 9.17) is 4.74 Å². The molecule has 0 spiro atoms. The van der Waals surface area contributed by atoms with Crippen LogP contribution in [-0.2, 0) is 6.61 Å². The van der Waals surface area contributed by atoms with Gasteiger partial charge in [-0.25, -0.2) is 0 Å². The third-order valence-corrected chi connectivity index (χ3v) is 5.66. The minimum absolute atomic E-state index is 0.0209. The summed E-state index contributed by atoms with van der Waals surface area (Å²) in [6, 6.07) is 24.2. The molecular weight excluding hydrogens is 400 g/mol. The average Bonchev–Trinajstić information content (AvgIpc) is 3.13. The predicted molar refractivity (Wildman–Crippen MR) is 126 cm³/mol. The van der Waals surface area contributed by atoms with E-state index < -0.39 is 0 Å². The summed E-state index contributed by atoms with van der Waals surface area (Å²) < 4.78 is 5.79. The molecule has 4 rings (SSSR count). The minimum Gasteiger partial charge on any atom is -0.489 e. The molecule has 2 amide bonds. The van der Waals surface area contributed by atoms with Gasteiger partial charge in [0.1, 0.15) is 12.4 Å². The van der Waals surface area contributed by atoms with Crippen molar-refractivity contribution in [3.05, 3.63) is 95.6 Å². The summed E-state index contributed by atoms with van der Waals surface area (Å²) in [5, 5.41) is 2.91. The Morgan fingerprint density at radius 3 is 2.16 bits per heavy atom. The third-order valence-electron chi connectivity index (χ3n) is 5.66. The molecule has 0 aliphatic carbocycles. The zero-order valence-corrected chi connectivity index (χ0v) is 18.1. The molecule has 164 valence electrons. The fourth-order valence-corrected chi connectivity index (χ4v) is 3.86. The Morgan fingerprint density at radius 1 is 0.781 bits per heavy atom. The summed E-state index contributed by atoms with van der Waals surface area (Å²) in [6.07, 6.45) is 4.37. The van der Waals surface area contributed by atoms with Gasteiger partial charge in [-0.05, 0) is 54.8 Å². The molecule has 32 heavy (non-hydrogen) atoms. The summed E-state index contributed by atoms with van der Waals surface area (Å²) >= 11 is 0. The maximum Gasteiger partial charge on any atom is 0.255 e. The first-order valence-corrected chi connectivity index (χ1v) is 11.2. The van der Waals surface area contributed by atoms with Crippen LogP contribution in [0.5, 0.6) is 5.75 Å². The van der Waals surface area contributed by atoms with Crippen LogP contribution in [0.3, 0.4) is 0 Å². The van der Waals surface area contributed by atoms with E-state index in [1.54, 1.807) is 36.4 Å². The summed E-state index contributed by atoms with van der Waals surface area (Å²) in [6.45, 7) is 2.01. The topological polar surface area (TPSA) is 58.6 Å². The number of carbonyl (C=O) groups is 2. The largest absolute Gasteiger partial charge is 0.489 e. The summed E-state index contributed by atoms with van der Waals surface area (Å²) in [7, 11) is 0. The fraction of sp³-hybridized carbons (Fsp3) is 0.259. The molecule has 0 radical (unpaired) electrons. The van der Waals surface area contributed by atoms with Crippen LogP contribution in [-0.4, -0.2) is 29.8 Å². The molecule has 5 heteroatoms.